The van der Waals surface area contributed by atoms with E-state index in [9.17, 15) is 9.59 Å². The second-order valence-electron chi connectivity index (χ2n) is 5.13. The predicted octanol–water partition coefficient (Wildman–Crippen LogP) is 0.792. The van der Waals surface area contributed by atoms with Gasteiger partial charge in [-0.15, -0.1) is 0 Å². The molecular weight excluding hydrogens is 220 g/mol. The summed E-state index contributed by atoms with van der Waals surface area (Å²) in [5.41, 5.74) is -1.02. The molecule has 0 aromatic rings. The molecule has 0 heterocycles. The molecule has 1 amide bonds. The van der Waals surface area contributed by atoms with E-state index in [-0.39, 0.29) is 12.5 Å². The van der Waals surface area contributed by atoms with Crippen LogP contribution in [0.1, 0.15) is 33.6 Å². The van der Waals surface area contributed by atoms with Crippen molar-refractivity contribution >= 4 is 11.9 Å². The fraction of sp³-hybridized carbons (Fsp3) is 0.833. The molecule has 1 aliphatic rings. The molecule has 1 aliphatic carbocycles. The third-order valence-corrected chi connectivity index (χ3v) is 3.50. The first-order valence-corrected chi connectivity index (χ1v) is 6.04. The van der Waals surface area contributed by atoms with Crippen molar-refractivity contribution in [3.8, 4) is 0 Å². The number of carbonyl (C=O) groups is 2. The van der Waals surface area contributed by atoms with Gasteiger partial charge in [-0.2, -0.15) is 0 Å². The Balaban J connectivity index is 2.58. The fourth-order valence-corrected chi connectivity index (χ4v) is 1.68. The summed E-state index contributed by atoms with van der Waals surface area (Å²) < 4.78 is 0. The summed E-state index contributed by atoms with van der Waals surface area (Å²) in [5, 5.41) is 9.08. The van der Waals surface area contributed by atoms with Crippen LogP contribution in [0, 0.1) is 0 Å². The lowest BCUT2D eigenvalue weighted by Crippen LogP contribution is -2.52. The molecule has 0 atom stereocenters. The van der Waals surface area contributed by atoms with Gasteiger partial charge in [-0.05, 0) is 40.7 Å². The minimum atomic E-state index is -1.02. The maximum Gasteiger partial charge on any atom is 0.323 e. The van der Waals surface area contributed by atoms with Crippen LogP contribution in [-0.4, -0.2) is 58.5 Å². The van der Waals surface area contributed by atoms with Crippen molar-refractivity contribution in [1.82, 2.24) is 9.80 Å². The molecule has 0 saturated heterocycles. The Morgan fingerprint density at radius 3 is 2.24 bits per heavy atom. The Morgan fingerprint density at radius 1 is 1.35 bits per heavy atom. The van der Waals surface area contributed by atoms with Gasteiger partial charge in [0.25, 0.3) is 0 Å². The van der Waals surface area contributed by atoms with Crippen LogP contribution in [0.15, 0.2) is 0 Å². The monoisotopic (exact) mass is 242 g/mol. The van der Waals surface area contributed by atoms with Gasteiger partial charge in [0.1, 0.15) is 5.54 Å². The lowest BCUT2D eigenvalue weighted by Gasteiger charge is -2.32. The maximum absolute atomic E-state index is 12.0. The first kappa shape index (κ1) is 14.0. The summed E-state index contributed by atoms with van der Waals surface area (Å²) in [6.07, 6.45) is 2.15. The average molecular weight is 242 g/mol. The molecule has 0 aromatic heterocycles. The molecule has 1 rings (SSSR count). The van der Waals surface area contributed by atoms with Crippen LogP contribution in [0.2, 0.25) is 0 Å². The van der Waals surface area contributed by atoms with E-state index in [1.54, 1.807) is 25.8 Å². The minimum absolute atomic E-state index is 0.0202. The van der Waals surface area contributed by atoms with Gasteiger partial charge >= 0.3 is 5.97 Å². The van der Waals surface area contributed by atoms with E-state index in [0.717, 1.165) is 12.8 Å². The van der Waals surface area contributed by atoms with Crippen LogP contribution >= 0.6 is 0 Å². The number of hydrogen-bond acceptors (Lipinski definition) is 3. The van der Waals surface area contributed by atoms with Crippen LogP contribution in [0.25, 0.3) is 0 Å². The molecule has 1 N–H and O–H groups in total. The Morgan fingerprint density at radius 2 is 1.88 bits per heavy atom. The molecule has 0 bridgehead atoms. The van der Waals surface area contributed by atoms with Gasteiger partial charge in [0.2, 0.25) is 5.91 Å². The van der Waals surface area contributed by atoms with E-state index in [1.165, 1.54) is 0 Å². The number of rotatable bonds is 6. The van der Waals surface area contributed by atoms with E-state index in [4.69, 9.17) is 5.11 Å². The standard InChI is InChI=1S/C12H22N2O3/c1-5-14(9-6-7-9)10(15)8-13(4)12(2,3)11(16)17/h9H,5-8H2,1-4H3,(H,16,17). The van der Waals surface area contributed by atoms with Gasteiger partial charge in [0.05, 0.1) is 6.54 Å². The summed E-state index contributed by atoms with van der Waals surface area (Å²) in [6.45, 7) is 6.03. The van der Waals surface area contributed by atoms with E-state index in [1.807, 2.05) is 11.8 Å². The summed E-state index contributed by atoms with van der Waals surface area (Å²) in [7, 11) is 1.67. The topological polar surface area (TPSA) is 60.9 Å². The van der Waals surface area contributed by atoms with E-state index < -0.39 is 11.5 Å². The summed E-state index contributed by atoms with van der Waals surface area (Å²) >= 11 is 0. The molecule has 5 nitrogen and oxygen atoms in total. The van der Waals surface area contributed by atoms with Gasteiger partial charge in [0, 0.05) is 12.6 Å². The van der Waals surface area contributed by atoms with Crippen molar-refractivity contribution in [1.29, 1.82) is 0 Å². The van der Waals surface area contributed by atoms with Gasteiger partial charge in [0.15, 0.2) is 0 Å². The lowest BCUT2D eigenvalue weighted by atomic mass is 10.0. The molecule has 5 heteroatoms. The molecular formula is C12H22N2O3. The van der Waals surface area contributed by atoms with Gasteiger partial charge < -0.3 is 10.0 Å². The Bertz CT molecular complexity index is 311. The van der Waals surface area contributed by atoms with Crippen molar-refractivity contribution in [3.05, 3.63) is 0 Å². The Kier molecular flexibility index (Phi) is 4.14. The third kappa shape index (κ3) is 3.19. The highest BCUT2D eigenvalue weighted by atomic mass is 16.4. The highest BCUT2D eigenvalue weighted by molar-refractivity contribution is 5.82. The minimum Gasteiger partial charge on any atom is -0.480 e. The maximum atomic E-state index is 12.0. The SMILES string of the molecule is CCN(C(=O)CN(C)C(C)(C)C(=O)O)C1CC1. The van der Waals surface area contributed by atoms with Crippen LogP contribution in [0.3, 0.4) is 0 Å². The molecule has 98 valence electrons. The first-order chi connectivity index (χ1) is 7.80. The van der Waals surface area contributed by atoms with Gasteiger partial charge in [-0.25, -0.2) is 0 Å². The number of hydrogen-bond donors (Lipinski definition) is 1. The number of carboxylic acids is 1. The van der Waals surface area contributed by atoms with Gasteiger partial charge in [-0.1, -0.05) is 0 Å². The van der Waals surface area contributed by atoms with Crippen molar-refractivity contribution in [3.63, 3.8) is 0 Å². The summed E-state index contributed by atoms with van der Waals surface area (Å²) in [4.78, 5) is 26.5. The zero-order valence-electron chi connectivity index (χ0n) is 11.1. The molecule has 1 fully saturated rings. The number of carbonyl (C=O) groups excluding carboxylic acids is 1. The summed E-state index contributed by atoms with van der Waals surface area (Å²) in [5.74, 6) is -0.894. The normalized spacial score (nSPS) is 16.1. The highest BCUT2D eigenvalue weighted by Gasteiger charge is 2.36. The van der Waals surface area contributed by atoms with Crippen molar-refractivity contribution in [2.24, 2.45) is 0 Å². The second kappa shape index (κ2) is 5.04. The number of carboxylic acid groups (broad SMARTS) is 1. The van der Waals surface area contributed by atoms with Gasteiger partial charge in [-0.3, -0.25) is 14.5 Å². The smallest absolute Gasteiger partial charge is 0.323 e. The van der Waals surface area contributed by atoms with Crippen LogP contribution < -0.4 is 0 Å². The molecule has 0 aliphatic heterocycles. The van der Waals surface area contributed by atoms with E-state index in [0.29, 0.717) is 12.6 Å². The van der Waals surface area contributed by atoms with E-state index >= 15 is 0 Å². The van der Waals surface area contributed by atoms with E-state index in [2.05, 4.69) is 0 Å². The third-order valence-electron chi connectivity index (χ3n) is 3.50. The Hall–Kier alpha value is -1.10. The first-order valence-electron chi connectivity index (χ1n) is 6.04. The molecule has 0 aromatic carbocycles. The average Bonchev–Trinajstić information content (AvgIpc) is 3.02. The molecule has 1 saturated carbocycles. The zero-order valence-corrected chi connectivity index (χ0v) is 11.1. The number of nitrogens with zero attached hydrogens (tertiary/aromatic N) is 2. The fourth-order valence-electron chi connectivity index (χ4n) is 1.68. The second-order valence-corrected chi connectivity index (χ2v) is 5.13. The zero-order chi connectivity index (χ0) is 13.2. The van der Waals surface area contributed by atoms with Crippen LogP contribution in [0.4, 0.5) is 0 Å². The highest BCUT2D eigenvalue weighted by Crippen LogP contribution is 2.26. The molecule has 17 heavy (non-hydrogen) atoms. The number of amides is 1. The van der Waals surface area contributed by atoms with Crippen molar-refractivity contribution < 1.29 is 14.7 Å². The largest absolute Gasteiger partial charge is 0.480 e. The van der Waals surface area contributed by atoms with Crippen LogP contribution in [0.5, 0.6) is 0 Å². The molecule has 0 radical (unpaired) electrons. The summed E-state index contributed by atoms with van der Waals surface area (Å²) in [6, 6.07) is 0.383. The van der Waals surface area contributed by atoms with Crippen molar-refractivity contribution in [2.45, 2.75) is 45.2 Å². The quantitative estimate of drug-likeness (QED) is 0.748. The molecule has 0 unspecified atom stereocenters. The lowest BCUT2D eigenvalue weighted by molar-refractivity contribution is -0.150. The predicted molar refractivity (Wildman–Crippen MR) is 64.8 cm³/mol. The van der Waals surface area contributed by atoms with Crippen molar-refractivity contribution in [2.75, 3.05) is 20.1 Å². The number of aliphatic carboxylic acids is 1. The van der Waals surface area contributed by atoms with Crippen LogP contribution in [-0.2, 0) is 9.59 Å². The number of likely N-dealkylation sites (N-methyl/N-ethyl adjacent to an activating group) is 2. The molecule has 0 spiro atoms. The Labute approximate surface area is 102 Å².